The number of hydrogen-bond acceptors (Lipinski definition) is 5. The smallest absolute Gasteiger partial charge is 0.277 e. The summed E-state index contributed by atoms with van der Waals surface area (Å²) in [6, 6.07) is 12.0. The van der Waals surface area contributed by atoms with Crippen molar-refractivity contribution in [2.45, 2.75) is 11.0 Å². The summed E-state index contributed by atoms with van der Waals surface area (Å²) >= 11 is 7.28. The van der Waals surface area contributed by atoms with Crippen LogP contribution in [0.3, 0.4) is 0 Å². The van der Waals surface area contributed by atoms with Crippen LogP contribution in [0.4, 0.5) is 4.39 Å². The van der Waals surface area contributed by atoms with E-state index in [1.165, 1.54) is 24.9 Å². The molecule has 0 unspecified atom stereocenters. The standard InChI is InChI=1S/C16H12ClFN2O2S/c1-21-14-6-5-10(7-13(14)18)9-23-16-20-19-15(22-16)11-3-2-4-12(17)8-11/h2-8H,9H2,1H3. The Hall–Kier alpha value is -2.05. The molecule has 2 aromatic carbocycles. The molecule has 0 amide bonds. The number of rotatable bonds is 5. The van der Waals surface area contributed by atoms with Crippen LogP contribution >= 0.6 is 23.4 Å². The number of methoxy groups -OCH3 is 1. The molecule has 0 aliphatic rings. The molecule has 0 atom stereocenters. The maximum Gasteiger partial charge on any atom is 0.277 e. The number of halogens is 2. The maximum atomic E-state index is 13.6. The zero-order valence-electron chi connectivity index (χ0n) is 12.1. The van der Waals surface area contributed by atoms with Crippen molar-refractivity contribution in [2.24, 2.45) is 0 Å². The minimum Gasteiger partial charge on any atom is -0.494 e. The van der Waals surface area contributed by atoms with Crippen LogP contribution in [0.1, 0.15) is 5.56 Å². The highest BCUT2D eigenvalue weighted by molar-refractivity contribution is 7.98. The number of nitrogens with zero attached hydrogens (tertiary/aromatic N) is 2. The Morgan fingerprint density at radius 2 is 2.09 bits per heavy atom. The van der Waals surface area contributed by atoms with Crippen LogP contribution in [0, 0.1) is 5.82 Å². The van der Waals surface area contributed by atoms with E-state index in [-0.39, 0.29) is 5.75 Å². The lowest BCUT2D eigenvalue weighted by Gasteiger charge is -2.03. The van der Waals surface area contributed by atoms with Gasteiger partial charge in [-0.3, -0.25) is 0 Å². The van der Waals surface area contributed by atoms with Gasteiger partial charge in [-0.15, -0.1) is 10.2 Å². The Bertz CT molecular complexity index is 825. The summed E-state index contributed by atoms with van der Waals surface area (Å²) in [5.74, 6) is 0.740. The quantitative estimate of drug-likeness (QED) is 0.617. The first-order valence-corrected chi connectivity index (χ1v) is 8.07. The number of aromatic nitrogens is 2. The zero-order chi connectivity index (χ0) is 16.2. The molecule has 1 aromatic heterocycles. The average molecular weight is 351 g/mol. The van der Waals surface area contributed by atoms with Crippen molar-refractivity contribution in [1.29, 1.82) is 0 Å². The van der Waals surface area contributed by atoms with Crippen molar-refractivity contribution in [2.75, 3.05) is 7.11 Å². The van der Waals surface area contributed by atoms with E-state index in [1.807, 2.05) is 12.1 Å². The van der Waals surface area contributed by atoms with Gasteiger partial charge in [0.05, 0.1) is 7.11 Å². The van der Waals surface area contributed by atoms with E-state index in [2.05, 4.69) is 10.2 Å². The van der Waals surface area contributed by atoms with Gasteiger partial charge < -0.3 is 9.15 Å². The summed E-state index contributed by atoms with van der Waals surface area (Å²) in [5, 5.41) is 8.99. The van der Waals surface area contributed by atoms with E-state index in [1.54, 1.807) is 24.3 Å². The molecule has 1 heterocycles. The topological polar surface area (TPSA) is 48.2 Å². The van der Waals surface area contributed by atoms with Crippen molar-refractivity contribution in [1.82, 2.24) is 10.2 Å². The van der Waals surface area contributed by atoms with Gasteiger partial charge in [-0.25, -0.2) is 4.39 Å². The first kappa shape index (κ1) is 15.8. The predicted octanol–water partition coefficient (Wildman–Crippen LogP) is 4.83. The molecule has 0 aliphatic heterocycles. The highest BCUT2D eigenvalue weighted by atomic mass is 35.5. The first-order chi connectivity index (χ1) is 11.2. The largest absolute Gasteiger partial charge is 0.494 e. The molecule has 3 rings (SSSR count). The third-order valence-electron chi connectivity index (χ3n) is 3.06. The van der Waals surface area contributed by atoms with Crippen LogP contribution < -0.4 is 4.74 Å². The van der Waals surface area contributed by atoms with E-state index in [0.717, 1.165) is 11.1 Å². The molecule has 7 heteroatoms. The Balaban J connectivity index is 1.69. The van der Waals surface area contributed by atoms with Crippen LogP contribution in [0.5, 0.6) is 5.75 Å². The molecule has 118 valence electrons. The molecular weight excluding hydrogens is 339 g/mol. The molecular formula is C16H12ClFN2O2S. The number of thioether (sulfide) groups is 1. The molecule has 0 bridgehead atoms. The van der Waals surface area contributed by atoms with Gasteiger partial charge in [0.25, 0.3) is 5.22 Å². The Morgan fingerprint density at radius 1 is 1.22 bits per heavy atom. The van der Waals surface area contributed by atoms with Crippen molar-refractivity contribution in [3.05, 3.63) is 58.9 Å². The van der Waals surface area contributed by atoms with E-state index >= 15 is 0 Å². The Labute approximate surface area is 141 Å². The normalized spacial score (nSPS) is 10.7. The molecule has 0 aliphatic carbocycles. The van der Waals surface area contributed by atoms with Crippen LogP contribution in [0.25, 0.3) is 11.5 Å². The molecule has 0 fully saturated rings. The minimum atomic E-state index is -0.393. The van der Waals surface area contributed by atoms with Gasteiger partial charge in [0.1, 0.15) is 0 Å². The van der Waals surface area contributed by atoms with Crippen LogP contribution in [0.15, 0.2) is 52.1 Å². The summed E-state index contributed by atoms with van der Waals surface area (Å²) in [4.78, 5) is 0. The van der Waals surface area contributed by atoms with Crippen LogP contribution in [-0.4, -0.2) is 17.3 Å². The molecule has 4 nitrogen and oxygen atoms in total. The van der Waals surface area contributed by atoms with Crippen LogP contribution in [0.2, 0.25) is 5.02 Å². The molecule has 0 spiro atoms. The highest BCUT2D eigenvalue weighted by Crippen LogP contribution is 2.28. The lowest BCUT2D eigenvalue weighted by Crippen LogP contribution is -1.90. The minimum absolute atomic E-state index is 0.222. The van der Waals surface area contributed by atoms with Crippen LogP contribution in [-0.2, 0) is 5.75 Å². The molecule has 23 heavy (non-hydrogen) atoms. The highest BCUT2D eigenvalue weighted by Gasteiger charge is 2.10. The Kier molecular flexibility index (Phi) is 4.83. The molecule has 0 saturated carbocycles. The van der Waals surface area contributed by atoms with Crippen molar-refractivity contribution >= 4 is 23.4 Å². The zero-order valence-corrected chi connectivity index (χ0v) is 13.7. The lowest BCUT2D eigenvalue weighted by atomic mass is 10.2. The third kappa shape index (κ3) is 3.83. The second-order valence-corrected chi connectivity index (χ2v) is 6.00. The second-order valence-electron chi connectivity index (χ2n) is 4.64. The van der Waals surface area contributed by atoms with Gasteiger partial charge in [0.15, 0.2) is 11.6 Å². The summed E-state index contributed by atoms with van der Waals surface area (Å²) in [5.41, 5.74) is 1.56. The molecule has 0 saturated heterocycles. The fraction of sp³-hybridized carbons (Fsp3) is 0.125. The summed E-state index contributed by atoms with van der Waals surface area (Å²) in [7, 11) is 1.43. The maximum absolute atomic E-state index is 13.6. The first-order valence-electron chi connectivity index (χ1n) is 6.70. The molecule has 0 radical (unpaired) electrons. The average Bonchev–Trinajstić information content (AvgIpc) is 3.02. The monoisotopic (exact) mass is 350 g/mol. The van der Waals surface area contributed by atoms with Gasteiger partial charge in [0, 0.05) is 16.3 Å². The SMILES string of the molecule is COc1ccc(CSc2nnc(-c3cccc(Cl)c3)o2)cc1F. The van der Waals surface area contributed by atoms with E-state index in [0.29, 0.717) is 21.9 Å². The van der Waals surface area contributed by atoms with Crippen molar-refractivity contribution in [3.8, 4) is 17.2 Å². The van der Waals surface area contributed by atoms with Crippen molar-refractivity contribution < 1.29 is 13.5 Å². The summed E-state index contributed by atoms with van der Waals surface area (Å²) < 4.78 is 24.1. The van der Waals surface area contributed by atoms with Gasteiger partial charge in [-0.1, -0.05) is 35.5 Å². The second kappa shape index (κ2) is 7.02. The predicted molar refractivity (Wildman–Crippen MR) is 87.3 cm³/mol. The third-order valence-corrected chi connectivity index (χ3v) is 4.18. The van der Waals surface area contributed by atoms with E-state index in [9.17, 15) is 4.39 Å². The van der Waals surface area contributed by atoms with Gasteiger partial charge >= 0.3 is 0 Å². The van der Waals surface area contributed by atoms with Gasteiger partial charge in [-0.05, 0) is 35.9 Å². The number of benzene rings is 2. The molecule has 3 aromatic rings. The van der Waals surface area contributed by atoms with E-state index < -0.39 is 5.82 Å². The van der Waals surface area contributed by atoms with Gasteiger partial charge in [0.2, 0.25) is 5.89 Å². The summed E-state index contributed by atoms with van der Waals surface area (Å²) in [6.07, 6.45) is 0. The number of ether oxygens (including phenoxy) is 1. The van der Waals surface area contributed by atoms with Crippen molar-refractivity contribution in [3.63, 3.8) is 0 Å². The molecule has 0 N–H and O–H groups in total. The van der Waals surface area contributed by atoms with Gasteiger partial charge in [-0.2, -0.15) is 0 Å². The fourth-order valence-corrected chi connectivity index (χ4v) is 2.85. The summed E-state index contributed by atoms with van der Waals surface area (Å²) in [6.45, 7) is 0. The fourth-order valence-electron chi connectivity index (χ4n) is 1.95. The Morgan fingerprint density at radius 3 is 2.83 bits per heavy atom. The number of hydrogen-bond donors (Lipinski definition) is 0. The van der Waals surface area contributed by atoms with E-state index in [4.69, 9.17) is 20.8 Å². The lowest BCUT2D eigenvalue weighted by molar-refractivity contribution is 0.386.